The zero-order valence-corrected chi connectivity index (χ0v) is 11.7. The van der Waals surface area contributed by atoms with E-state index in [1.807, 2.05) is 0 Å². The molecule has 0 spiro atoms. The summed E-state index contributed by atoms with van der Waals surface area (Å²) in [6, 6.07) is 4.94. The van der Waals surface area contributed by atoms with Gasteiger partial charge in [0.25, 0.3) is 15.7 Å². The van der Waals surface area contributed by atoms with Gasteiger partial charge in [0.2, 0.25) is 5.95 Å². The normalized spacial score (nSPS) is 10.9. The van der Waals surface area contributed by atoms with E-state index in [2.05, 4.69) is 20.0 Å². The molecule has 0 bridgehead atoms. The van der Waals surface area contributed by atoms with Crippen LogP contribution in [0.2, 0.25) is 0 Å². The fourth-order valence-corrected chi connectivity index (χ4v) is 2.74. The monoisotopic (exact) mass is 309 g/mol. The Morgan fingerprint density at radius 2 is 1.90 bits per heavy atom. The average molecular weight is 309 g/mol. The van der Waals surface area contributed by atoms with Crippen LogP contribution in [-0.4, -0.2) is 30.4 Å². The first-order chi connectivity index (χ1) is 9.94. The van der Waals surface area contributed by atoms with Crippen LogP contribution in [0.15, 0.2) is 41.6 Å². The highest BCUT2D eigenvalue weighted by Gasteiger charge is 2.21. The van der Waals surface area contributed by atoms with Gasteiger partial charge in [-0.25, -0.2) is 23.1 Å². The lowest BCUT2D eigenvalue weighted by atomic mass is 10.3. The molecule has 9 nitrogen and oxygen atoms in total. The molecule has 1 heterocycles. The minimum atomic E-state index is -3.96. The van der Waals surface area contributed by atoms with Gasteiger partial charge in [-0.2, -0.15) is 0 Å². The van der Waals surface area contributed by atoms with Gasteiger partial charge in [0.15, 0.2) is 0 Å². The number of sulfonamides is 1. The molecular formula is C11H11N5O4S. The van der Waals surface area contributed by atoms with Crippen LogP contribution in [0.25, 0.3) is 0 Å². The Hall–Kier alpha value is -2.75. The summed E-state index contributed by atoms with van der Waals surface area (Å²) < 4.78 is 26.7. The molecule has 0 radical (unpaired) electrons. The molecule has 0 saturated carbocycles. The molecule has 0 aliphatic carbocycles. The maximum atomic E-state index is 12.3. The van der Waals surface area contributed by atoms with E-state index < -0.39 is 14.9 Å². The summed E-state index contributed by atoms with van der Waals surface area (Å²) in [5, 5.41) is 13.3. The highest BCUT2D eigenvalue weighted by molar-refractivity contribution is 7.92. The molecule has 0 saturated heterocycles. The predicted molar refractivity (Wildman–Crippen MR) is 75.5 cm³/mol. The van der Waals surface area contributed by atoms with E-state index in [1.54, 1.807) is 6.07 Å². The number of hydrogen-bond donors (Lipinski definition) is 2. The molecule has 0 unspecified atom stereocenters. The number of rotatable bonds is 5. The smallest absolute Gasteiger partial charge is 0.271 e. The Labute approximate surface area is 120 Å². The molecule has 0 atom stereocenters. The molecule has 1 aromatic heterocycles. The van der Waals surface area contributed by atoms with E-state index in [-0.39, 0.29) is 22.2 Å². The molecule has 2 N–H and O–H groups in total. The third-order valence-electron chi connectivity index (χ3n) is 2.52. The first-order valence-corrected chi connectivity index (χ1v) is 7.18. The molecule has 2 rings (SSSR count). The number of nitrogens with one attached hydrogen (secondary N) is 2. The zero-order chi connectivity index (χ0) is 15.5. The molecular weight excluding hydrogens is 298 g/mol. The number of anilines is 2. The van der Waals surface area contributed by atoms with Crippen molar-refractivity contribution in [3.63, 3.8) is 0 Å². The Balaban J connectivity index is 2.42. The van der Waals surface area contributed by atoms with Gasteiger partial charge in [0, 0.05) is 31.6 Å². The fraction of sp³-hybridized carbons (Fsp3) is 0.0909. The third kappa shape index (κ3) is 3.23. The Bertz CT molecular complexity index is 763. The number of hydrogen-bond acceptors (Lipinski definition) is 7. The molecule has 10 heteroatoms. The summed E-state index contributed by atoms with van der Waals surface area (Å²) in [6.45, 7) is 0. The van der Waals surface area contributed by atoms with Gasteiger partial charge >= 0.3 is 0 Å². The van der Waals surface area contributed by atoms with Gasteiger partial charge in [0.1, 0.15) is 4.90 Å². The minimum Gasteiger partial charge on any atom is -0.387 e. The topological polar surface area (TPSA) is 127 Å². The van der Waals surface area contributed by atoms with E-state index >= 15 is 0 Å². The second-order valence-corrected chi connectivity index (χ2v) is 5.52. The molecule has 110 valence electrons. The Kier molecular flexibility index (Phi) is 3.98. The van der Waals surface area contributed by atoms with Crippen molar-refractivity contribution in [2.24, 2.45) is 0 Å². The van der Waals surface area contributed by atoms with Crippen molar-refractivity contribution in [1.29, 1.82) is 0 Å². The number of non-ortho nitro benzene ring substituents is 1. The van der Waals surface area contributed by atoms with Crippen molar-refractivity contribution in [3.8, 4) is 0 Å². The second-order valence-electron chi connectivity index (χ2n) is 3.87. The standard InChI is InChI=1S/C11H11N5O4S/c1-12-9-7-8(16(17)18)3-4-10(9)21(19,20)15-11-13-5-2-6-14-11/h2-7,12H,1H3,(H,13,14,15). The summed E-state index contributed by atoms with van der Waals surface area (Å²) in [5.74, 6) is -0.0853. The lowest BCUT2D eigenvalue weighted by Crippen LogP contribution is -2.16. The molecule has 2 aromatic rings. The van der Waals surface area contributed by atoms with Crippen LogP contribution in [0.4, 0.5) is 17.3 Å². The highest BCUT2D eigenvalue weighted by atomic mass is 32.2. The van der Waals surface area contributed by atoms with Crippen LogP contribution in [-0.2, 0) is 10.0 Å². The average Bonchev–Trinajstić information content (AvgIpc) is 2.47. The third-order valence-corrected chi connectivity index (χ3v) is 3.91. The van der Waals surface area contributed by atoms with E-state index in [9.17, 15) is 18.5 Å². The number of nitro benzene ring substituents is 1. The lowest BCUT2D eigenvalue weighted by Gasteiger charge is -2.10. The first kappa shape index (κ1) is 14.7. The lowest BCUT2D eigenvalue weighted by molar-refractivity contribution is -0.384. The molecule has 1 aromatic carbocycles. The van der Waals surface area contributed by atoms with Crippen molar-refractivity contribution in [2.75, 3.05) is 17.1 Å². The predicted octanol–water partition coefficient (Wildman–Crippen LogP) is 1.23. The SMILES string of the molecule is CNc1cc([N+](=O)[O-])ccc1S(=O)(=O)Nc1ncccn1. The second kappa shape index (κ2) is 5.71. The van der Waals surface area contributed by atoms with Gasteiger partial charge < -0.3 is 5.32 Å². The van der Waals surface area contributed by atoms with Crippen molar-refractivity contribution in [3.05, 3.63) is 46.8 Å². The van der Waals surface area contributed by atoms with Crippen LogP contribution < -0.4 is 10.0 Å². The zero-order valence-electron chi connectivity index (χ0n) is 10.8. The number of nitrogens with zero attached hydrogens (tertiary/aromatic N) is 3. The largest absolute Gasteiger partial charge is 0.387 e. The van der Waals surface area contributed by atoms with Crippen LogP contribution in [0.3, 0.4) is 0 Å². The van der Waals surface area contributed by atoms with E-state index in [1.165, 1.54) is 19.4 Å². The van der Waals surface area contributed by atoms with Crippen LogP contribution in [0.1, 0.15) is 0 Å². The number of aromatic nitrogens is 2. The van der Waals surface area contributed by atoms with Gasteiger partial charge in [-0.15, -0.1) is 0 Å². The van der Waals surface area contributed by atoms with E-state index in [4.69, 9.17) is 0 Å². The van der Waals surface area contributed by atoms with Crippen molar-refractivity contribution in [1.82, 2.24) is 9.97 Å². The summed E-state index contributed by atoms with van der Waals surface area (Å²) in [5.41, 5.74) is -0.109. The maximum absolute atomic E-state index is 12.3. The summed E-state index contributed by atoms with van der Waals surface area (Å²) in [6.07, 6.45) is 2.78. The van der Waals surface area contributed by atoms with E-state index in [0.29, 0.717) is 0 Å². The fourth-order valence-electron chi connectivity index (χ4n) is 1.59. The summed E-state index contributed by atoms with van der Waals surface area (Å²) in [7, 11) is -2.49. The maximum Gasteiger partial charge on any atom is 0.271 e. The number of nitro groups is 1. The van der Waals surface area contributed by atoms with Crippen LogP contribution in [0, 0.1) is 10.1 Å². The molecule has 0 aliphatic rings. The first-order valence-electron chi connectivity index (χ1n) is 5.70. The Morgan fingerprint density at radius 3 is 2.48 bits per heavy atom. The number of benzene rings is 1. The van der Waals surface area contributed by atoms with Crippen molar-refractivity contribution in [2.45, 2.75) is 4.90 Å². The van der Waals surface area contributed by atoms with Crippen LogP contribution in [0.5, 0.6) is 0 Å². The van der Waals surface area contributed by atoms with Gasteiger partial charge in [0.05, 0.1) is 10.6 Å². The Morgan fingerprint density at radius 1 is 1.24 bits per heavy atom. The quantitative estimate of drug-likeness (QED) is 0.628. The van der Waals surface area contributed by atoms with Crippen molar-refractivity contribution >= 4 is 27.3 Å². The highest BCUT2D eigenvalue weighted by Crippen LogP contribution is 2.27. The van der Waals surface area contributed by atoms with Gasteiger partial charge in [-0.3, -0.25) is 10.1 Å². The molecule has 0 aliphatic heterocycles. The minimum absolute atomic E-state index is 0.0853. The summed E-state index contributed by atoms with van der Waals surface area (Å²) >= 11 is 0. The van der Waals surface area contributed by atoms with Gasteiger partial charge in [-0.05, 0) is 12.1 Å². The van der Waals surface area contributed by atoms with E-state index in [0.717, 1.165) is 18.2 Å². The molecule has 0 fully saturated rings. The van der Waals surface area contributed by atoms with Crippen LogP contribution >= 0.6 is 0 Å². The van der Waals surface area contributed by atoms with Crippen molar-refractivity contribution < 1.29 is 13.3 Å². The molecule has 0 amide bonds. The molecule has 21 heavy (non-hydrogen) atoms. The van der Waals surface area contributed by atoms with Gasteiger partial charge in [-0.1, -0.05) is 0 Å². The summed E-state index contributed by atoms with van der Waals surface area (Å²) in [4.78, 5) is 17.5.